The van der Waals surface area contributed by atoms with Crippen LogP contribution in [0, 0.1) is 0 Å². The van der Waals surface area contributed by atoms with E-state index in [0.717, 1.165) is 0 Å². The Kier molecular flexibility index (Phi) is 4.07. The number of oxime groups is 1. The molecule has 92 valence electrons. The SMILES string of the molecule is O/N=C(\Cl)c1cccc(Oc2ccc(Cl)cc2)c1. The van der Waals surface area contributed by atoms with Crippen molar-refractivity contribution in [1.82, 2.24) is 0 Å². The highest BCUT2D eigenvalue weighted by Crippen LogP contribution is 2.24. The van der Waals surface area contributed by atoms with Crippen molar-refractivity contribution in [2.24, 2.45) is 5.16 Å². The molecule has 0 heterocycles. The summed E-state index contributed by atoms with van der Waals surface area (Å²) in [6.45, 7) is 0. The molecule has 0 spiro atoms. The topological polar surface area (TPSA) is 41.8 Å². The van der Waals surface area contributed by atoms with E-state index < -0.39 is 0 Å². The zero-order valence-electron chi connectivity index (χ0n) is 9.18. The van der Waals surface area contributed by atoms with Crippen LogP contribution in [0.3, 0.4) is 0 Å². The molecule has 0 aliphatic carbocycles. The number of halogens is 2. The summed E-state index contributed by atoms with van der Waals surface area (Å²) in [5, 5.41) is 12.2. The van der Waals surface area contributed by atoms with Gasteiger partial charge in [-0.15, -0.1) is 0 Å². The van der Waals surface area contributed by atoms with E-state index in [4.69, 9.17) is 33.1 Å². The Hall–Kier alpha value is -1.71. The van der Waals surface area contributed by atoms with E-state index in [1.165, 1.54) is 0 Å². The molecule has 2 rings (SSSR count). The highest BCUT2D eigenvalue weighted by molar-refractivity contribution is 6.69. The highest BCUT2D eigenvalue weighted by atomic mass is 35.5. The van der Waals surface area contributed by atoms with Crippen LogP contribution in [0.15, 0.2) is 53.7 Å². The van der Waals surface area contributed by atoms with E-state index in [9.17, 15) is 0 Å². The molecular weight excluding hydrogens is 273 g/mol. The van der Waals surface area contributed by atoms with Crippen LogP contribution in [0.4, 0.5) is 0 Å². The zero-order chi connectivity index (χ0) is 13.0. The number of hydrogen-bond acceptors (Lipinski definition) is 3. The summed E-state index contributed by atoms with van der Waals surface area (Å²) in [7, 11) is 0. The first kappa shape index (κ1) is 12.7. The lowest BCUT2D eigenvalue weighted by Gasteiger charge is -2.06. The minimum absolute atomic E-state index is 0.0107. The Bertz CT molecular complexity index is 567. The van der Waals surface area contributed by atoms with Gasteiger partial charge in [0.25, 0.3) is 0 Å². The number of nitrogens with zero attached hydrogens (tertiary/aromatic N) is 1. The van der Waals surface area contributed by atoms with Crippen LogP contribution in [0.5, 0.6) is 11.5 Å². The minimum Gasteiger partial charge on any atom is -0.457 e. The predicted octanol–water partition coefficient (Wildman–Crippen LogP) is 4.51. The Labute approximate surface area is 114 Å². The van der Waals surface area contributed by atoms with E-state index in [0.29, 0.717) is 22.1 Å². The van der Waals surface area contributed by atoms with E-state index >= 15 is 0 Å². The van der Waals surface area contributed by atoms with Crippen molar-refractivity contribution in [3.8, 4) is 11.5 Å². The lowest BCUT2D eigenvalue weighted by molar-refractivity contribution is 0.321. The summed E-state index contributed by atoms with van der Waals surface area (Å²) in [5.41, 5.74) is 0.575. The zero-order valence-corrected chi connectivity index (χ0v) is 10.7. The molecule has 0 fully saturated rings. The van der Waals surface area contributed by atoms with Gasteiger partial charge in [-0.25, -0.2) is 0 Å². The van der Waals surface area contributed by atoms with Crippen molar-refractivity contribution in [1.29, 1.82) is 0 Å². The van der Waals surface area contributed by atoms with E-state index in [-0.39, 0.29) is 5.17 Å². The Morgan fingerprint density at radius 3 is 2.44 bits per heavy atom. The Morgan fingerprint density at radius 1 is 1.06 bits per heavy atom. The molecule has 0 saturated carbocycles. The lowest BCUT2D eigenvalue weighted by atomic mass is 10.2. The first-order valence-electron chi connectivity index (χ1n) is 5.10. The van der Waals surface area contributed by atoms with Crippen LogP contribution in [0.2, 0.25) is 5.02 Å². The third-order valence-corrected chi connectivity index (χ3v) is 2.76. The molecule has 0 atom stereocenters. The monoisotopic (exact) mass is 281 g/mol. The number of ether oxygens (including phenoxy) is 1. The van der Waals surface area contributed by atoms with Gasteiger partial charge in [-0.3, -0.25) is 0 Å². The van der Waals surface area contributed by atoms with Crippen LogP contribution in [-0.4, -0.2) is 10.4 Å². The maximum absolute atomic E-state index is 8.60. The molecule has 0 aliphatic rings. The van der Waals surface area contributed by atoms with Gasteiger partial charge in [0.05, 0.1) is 0 Å². The maximum atomic E-state index is 8.60. The van der Waals surface area contributed by atoms with Gasteiger partial charge in [-0.2, -0.15) is 0 Å². The molecule has 2 aromatic rings. The fourth-order valence-electron chi connectivity index (χ4n) is 1.38. The average molecular weight is 282 g/mol. The second-order valence-electron chi connectivity index (χ2n) is 3.47. The van der Waals surface area contributed by atoms with Gasteiger partial charge in [0.1, 0.15) is 11.5 Å². The molecule has 1 N–H and O–H groups in total. The fraction of sp³-hybridized carbons (Fsp3) is 0. The van der Waals surface area contributed by atoms with E-state index in [1.54, 1.807) is 48.5 Å². The van der Waals surface area contributed by atoms with Crippen molar-refractivity contribution in [3.05, 3.63) is 59.1 Å². The lowest BCUT2D eigenvalue weighted by Crippen LogP contribution is -1.92. The molecule has 2 aromatic carbocycles. The fourth-order valence-corrected chi connectivity index (χ4v) is 1.63. The quantitative estimate of drug-likeness (QED) is 0.511. The van der Waals surface area contributed by atoms with E-state index in [2.05, 4.69) is 5.16 Å². The largest absolute Gasteiger partial charge is 0.457 e. The summed E-state index contributed by atoms with van der Waals surface area (Å²) in [5.74, 6) is 1.25. The molecule has 5 heteroatoms. The van der Waals surface area contributed by atoms with Crippen molar-refractivity contribution < 1.29 is 9.94 Å². The van der Waals surface area contributed by atoms with Gasteiger partial charge in [-0.1, -0.05) is 40.5 Å². The second-order valence-corrected chi connectivity index (χ2v) is 4.27. The van der Waals surface area contributed by atoms with Gasteiger partial charge in [0.2, 0.25) is 0 Å². The van der Waals surface area contributed by atoms with Crippen LogP contribution in [0.1, 0.15) is 5.56 Å². The third kappa shape index (κ3) is 3.15. The molecule has 3 nitrogen and oxygen atoms in total. The summed E-state index contributed by atoms with van der Waals surface area (Å²) in [6.07, 6.45) is 0. The molecule has 0 aromatic heterocycles. The summed E-state index contributed by atoms with van der Waals surface area (Å²) in [6, 6.07) is 13.9. The van der Waals surface area contributed by atoms with Gasteiger partial charge < -0.3 is 9.94 Å². The third-order valence-electron chi connectivity index (χ3n) is 2.21. The van der Waals surface area contributed by atoms with Crippen molar-refractivity contribution in [2.45, 2.75) is 0 Å². The molecule has 0 saturated heterocycles. The Morgan fingerprint density at radius 2 is 1.78 bits per heavy atom. The van der Waals surface area contributed by atoms with Crippen LogP contribution >= 0.6 is 23.2 Å². The van der Waals surface area contributed by atoms with Crippen molar-refractivity contribution in [3.63, 3.8) is 0 Å². The predicted molar refractivity (Wildman–Crippen MR) is 72.1 cm³/mol. The van der Waals surface area contributed by atoms with Crippen molar-refractivity contribution in [2.75, 3.05) is 0 Å². The minimum atomic E-state index is 0.0107. The standard InChI is InChI=1S/C13H9Cl2NO2/c14-10-4-6-11(7-5-10)18-12-3-1-2-9(8-12)13(15)16-17/h1-8,17H/b16-13-. The number of hydrogen-bond donors (Lipinski definition) is 1. The summed E-state index contributed by atoms with van der Waals surface area (Å²) in [4.78, 5) is 0. The average Bonchev–Trinajstić information content (AvgIpc) is 2.41. The molecule has 0 bridgehead atoms. The van der Waals surface area contributed by atoms with Gasteiger partial charge >= 0.3 is 0 Å². The maximum Gasteiger partial charge on any atom is 0.175 e. The molecule has 0 unspecified atom stereocenters. The number of benzene rings is 2. The van der Waals surface area contributed by atoms with Gasteiger partial charge in [0.15, 0.2) is 5.17 Å². The highest BCUT2D eigenvalue weighted by Gasteiger charge is 2.03. The summed E-state index contributed by atoms with van der Waals surface area (Å²) >= 11 is 11.5. The molecule has 0 amide bonds. The smallest absolute Gasteiger partial charge is 0.175 e. The molecule has 18 heavy (non-hydrogen) atoms. The first-order valence-corrected chi connectivity index (χ1v) is 5.86. The Balaban J connectivity index is 2.22. The normalized spacial score (nSPS) is 11.3. The first-order chi connectivity index (χ1) is 8.69. The van der Waals surface area contributed by atoms with Crippen LogP contribution < -0.4 is 4.74 Å². The van der Waals surface area contributed by atoms with Gasteiger partial charge in [-0.05, 0) is 36.4 Å². The van der Waals surface area contributed by atoms with Crippen LogP contribution in [-0.2, 0) is 0 Å². The van der Waals surface area contributed by atoms with Gasteiger partial charge in [0, 0.05) is 10.6 Å². The van der Waals surface area contributed by atoms with E-state index in [1.807, 2.05) is 0 Å². The molecular formula is C13H9Cl2NO2. The molecule has 0 radical (unpaired) electrons. The number of rotatable bonds is 3. The van der Waals surface area contributed by atoms with Crippen LogP contribution in [0.25, 0.3) is 0 Å². The molecule has 0 aliphatic heterocycles. The van der Waals surface area contributed by atoms with Crippen molar-refractivity contribution >= 4 is 28.4 Å². The second kappa shape index (κ2) is 5.76. The summed E-state index contributed by atoms with van der Waals surface area (Å²) < 4.78 is 5.61.